The van der Waals surface area contributed by atoms with Crippen LogP contribution in [0.15, 0.2) is 30.6 Å². The molecule has 0 spiro atoms. The van der Waals surface area contributed by atoms with Gasteiger partial charge in [-0.25, -0.2) is 9.97 Å². The molecule has 1 aromatic heterocycles. The molecular formula is C14H20N4. The van der Waals surface area contributed by atoms with Crippen LogP contribution in [0, 0.1) is 0 Å². The summed E-state index contributed by atoms with van der Waals surface area (Å²) in [5, 5.41) is 1.11. The number of unbranched alkanes of at least 4 members (excludes halogenated alkanes) is 2. The smallest absolute Gasteiger partial charge is 0.139 e. The van der Waals surface area contributed by atoms with Crippen molar-refractivity contribution in [1.29, 1.82) is 0 Å². The predicted molar refractivity (Wildman–Crippen MR) is 75.7 cm³/mol. The maximum absolute atomic E-state index is 5.50. The normalized spacial score (nSPS) is 10.8. The highest BCUT2D eigenvalue weighted by molar-refractivity contribution is 5.88. The molecule has 1 aromatic carbocycles. The first-order valence-corrected chi connectivity index (χ1v) is 6.44. The molecule has 1 heterocycles. The molecule has 0 fully saturated rings. The number of fused-ring (bicyclic) bond motifs is 1. The Bertz CT molecular complexity index is 493. The Morgan fingerprint density at radius 1 is 1.11 bits per heavy atom. The molecule has 0 aliphatic heterocycles. The third-order valence-corrected chi connectivity index (χ3v) is 3.08. The molecule has 0 atom stereocenters. The van der Waals surface area contributed by atoms with Crippen molar-refractivity contribution >= 4 is 16.7 Å². The van der Waals surface area contributed by atoms with E-state index in [0.717, 1.165) is 42.7 Å². The van der Waals surface area contributed by atoms with Crippen molar-refractivity contribution in [3.05, 3.63) is 30.6 Å². The maximum Gasteiger partial charge on any atom is 0.139 e. The van der Waals surface area contributed by atoms with Crippen LogP contribution in [-0.4, -0.2) is 30.1 Å². The first-order chi connectivity index (χ1) is 8.83. The van der Waals surface area contributed by atoms with E-state index in [2.05, 4.69) is 28.0 Å². The molecule has 0 aliphatic carbocycles. The fraction of sp³-hybridized carbons (Fsp3) is 0.429. The van der Waals surface area contributed by atoms with Gasteiger partial charge in [0.1, 0.15) is 12.1 Å². The molecule has 0 unspecified atom stereocenters. The summed E-state index contributed by atoms with van der Waals surface area (Å²) < 4.78 is 0. The molecule has 96 valence electrons. The van der Waals surface area contributed by atoms with Crippen molar-refractivity contribution in [3.63, 3.8) is 0 Å². The first kappa shape index (κ1) is 12.8. The van der Waals surface area contributed by atoms with Crippen LogP contribution in [0.3, 0.4) is 0 Å². The average molecular weight is 244 g/mol. The number of nitrogens with two attached hydrogens (primary N) is 1. The predicted octanol–water partition coefficient (Wildman–Crippen LogP) is 2.19. The van der Waals surface area contributed by atoms with Gasteiger partial charge in [0.05, 0.1) is 5.52 Å². The van der Waals surface area contributed by atoms with Gasteiger partial charge in [-0.05, 0) is 31.5 Å². The molecule has 2 aromatic rings. The van der Waals surface area contributed by atoms with E-state index in [0.29, 0.717) is 0 Å². The Morgan fingerprint density at radius 3 is 2.78 bits per heavy atom. The number of para-hydroxylation sites is 1. The van der Waals surface area contributed by atoms with Crippen molar-refractivity contribution in [2.24, 2.45) is 5.73 Å². The summed E-state index contributed by atoms with van der Waals surface area (Å²) in [5.41, 5.74) is 6.49. The van der Waals surface area contributed by atoms with Gasteiger partial charge in [-0.1, -0.05) is 18.6 Å². The number of hydrogen-bond acceptors (Lipinski definition) is 4. The molecule has 4 heteroatoms. The van der Waals surface area contributed by atoms with Gasteiger partial charge in [-0.2, -0.15) is 0 Å². The number of hydrogen-bond donors (Lipinski definition) is 1. The van der Waals surface area contributed by atoms with E-state index in [1.807, 2.05) is 18.2 Å². The fourth-order valence-corrected chi connectivity index (χ4v) is 2.07. The molecule has 18 heavy (non-hydrogen) atoms. The third-order valence-electron chi connectivity index (χ3n) is 3.08. The molecule has 0 saturated carbocycles. The van der Waals surface area contributed by atoms with E-state index in [4.69, 9.17) is 5.73 Å². The number of anilines is 1. The highest BCUT2D eigenvalue weighted by Crippen LogP contribution is 2.21. The minimum atomic E-state index is 0.778. The zero-order chi connectivity index (χ0) is 12.8. The average Bonchev–Trinajstić information content (AvgIpc) is 2.43. The standard InChI is InChI=1S/C14H20N4/c1-18(10-6-2-5-9-15)14-12-7-3-4-8-13(12)16-11-17-14/h3-4,7-8,11H,2,5-6,9-10,15H2,1H3. The number of benzene rings is 1. The van der Waals surface area contributed by atoms with Crippen molar-refractivity contribution in [1.82, 2.24) is 9.97 Å². The number of aromatic nitrogens is 2. The van der Waals surface area contributed by atoms with Gasteiger partial charge in [0.15, 0.2) is 0 Å². The lowest BCUT2D eigenvalue weighted by Gasteiger charge is -2.19. The van der Waals surface area contributed by atoms with E-state index in [9.17, 15) is 0 Å². The molecule has 0 radical (unpaired) electrons. The second-order valence-electron chi connectivity index (χ2n) is 4.49. The summed E-state index contributed by atoms with van der Waals surface area (Å²) in [6, 6.07) is 8.11. The maximum atomic E-state index is 5.50. The van der Waals surface area contributed by atoms with Gasteiger partial charge in [-0.15, -0.1) is 0 Å². The fourth-order valence-electron chi connectivity index (χ4n) is 2.07. The lowest BCUT2D eigenvalue weighted by Crippen LogP contribution is -2.20. The van der Waals surface area contributed by atoms with Gasteiger partial charge < -0.3 is 10.6 Å². The Kier molecular flexibility index (Phi) is 4.47. The van der Waals surface area contributed by atoms with Crippen LogP contribution in [-0.2, 0) is 0 Å². The molecule has 2 rings (SSSR count). The Hall–Kier alpha value is -1.68. The molecule has 0 bridgehead atoms. The Morgan fingerprint density at radius 2 is 1.94 bits per heavy atom. The highest BCUT2D eigenvalue weighted by atomic mass is 15.2. The summed E-state index contributed by atoms with van der Waals surface area (Å²) in [6.45, 7) is 1.78. The quantitative estimate of drug-likeness (QED) is 0.791. The lowest BCUT2D eigenvalue weighted by atomic mass is 10.2. The van der Waals surface area contributed by atoms with Crippen LogP contribution in [0.4, 0.5) is 5.82 Å². The topological polar surface area (TPSA) is 55.0 Å². The van der Waals surface area contributed by atoms with Gasteiger partial charge in [0.2, 0.25) is 0 Å². The van der Waals surface area contributed by atoms with Gasteiger partial charge in [0, 0.05) is 19.0 Å². The molecule has 2 N–H and O–H groups in total. The zero-order valence-corrected chi connectivity index (χ0v) is 10.8. The van der Waals surface area contributed by atoms with E-state index in [1.165, 1.54) is 6.42 Å². The van der Waals surface area contributed by atoms with Crippen molar-refractivity contribution in [2.45, 2.75) is 19.3 Å². The molecular weight excluding hydrogens is 224 g/mol. The second kappa shape index (κ2) is 6.31. The molecule has 4 nitrogen and oxygen atoms in total. The summed E-state index contributed by atoms with van der Waals surface area (Å²) in [6.07, 6.45) is 5.04. The minimum absolute atomic E-state index is 0.778. The molecule has 0 saturated heterocycles. The van der Waals surface area contributed by atoms with Gasteiger partial charge in [-0.3, -0.25) is 0 Å². The van der Waals surface area contributed by atoms with Gasteiger partial charge in [0.25, 0.3) is 0 Å². The van der Waals surface area contributed by atoms with Crippen LogP contribution in [0.1, 0.15) is 19.3 Å². The van der Waals surface area contributed by atoms with Crippen molar-refractivity contribution < 1.29 is 0 Å². The Balaban J connectivity index is 2.10. The third kappa shape index (κ3) is 2.96. The van der Waals surface area contributed by atoms with Crippen LogP contribution < -0.4 is 10.6 Å². The summed E-state index contributed by atoms with van der Waals surface area (Å²) in [7, 11) is 2.08. The van der Waals surface area contributed by atoms with Gasteiger partial charge >= 0.3 is 0 Å². The van der Waals surface area contributed by atoms with Crippen molar-refractivity contribution in [2.75, 3.05) is 25.0 Å². The van der Waals surface area contributed by atoms with E-state index in [-0.39, 0.29) is 0 Å². The second-order valence-corrected chi connectivity index (χ2v) is 4.49. The summed E-state index contributed by atoms with van der Waals surface area (Å²) >= 11 is 0. The van der Waals surface area contributed by atoms with Crippen LogP contribution >= 0.6 is 0 Å². The number of nitrogens with zero attached hydrogens (tertiary/aromatic N) is 3. The highest BCUT2D eigenvalue weighted by Gasteiger charge is 2.07. The Labute approximate surface area is 108 Å². The van der Waals surface area contributed by atoms with Crippen LogP contribution in [0.25, 0.3) is 10.9 Å². The zero-order valence-electron chi connectivity index (χ0n) is 10.8. The molecule has 0 amide bonds. The first-order valence-electron chi connectivity index (χ1n) is 6.44. The van der Waals surface area contributed by atoms with Crippen LogP contribution in [0.5, 0.6) is 0 Å². The summed E-state index contributed by atoms with van der Waals surface area (Å²) in [4.78, 5) is 10.9. The SMILES string of the molecule is CN(CCCCCN)c1ncnc2ccccc12. The van der Waals surface area contributed by atoms with E-state index < -0.39 is 0 Å². The van der Waals surface area contributed by atoms with Crippen molar-refractivity contribution in [3.8, 4) is 0 Å². The molecule has 0 aliphatic rings. The van der Waals surface area contributed by atoms with E-state index >= 15 is 0 Å². The number of rotatable bonds is 6. The minimum Gasteiger partial charge on any atom is -0.359 e. The van der Waals surface area contributed by atoms with Crippen LogP contribution in [0.2, 0.25) is 0 Å². The lowest BCUT2D eigenvalue weighted by molar-refractivity contribution is 0.677. The summed E-state index contributed by atoms with van der Waals surface area (Å²) in [5.74, 6) is 1.01. The largest absolute Gasteiger partial charge is 0.359 e. The van der Waals surface area contributed by atoms with E-state index in [1.54, 1.807) is 6.33 Å². The monoisotopic (exact) mass is 244 g/mol.